The fraction of sp³-hybridized carbons (Fsp3) is 0.600. The van der Waals surface area contributed by atoms with Crippen molar-refractivity contribution >= 4 is 28.9 Å². The van der Waals surface area contributed by atoms with Crippen molar-refractivity contribution in [3.63, 3.8) is 0 Å². The van der Waals surface area contributed by atoms with E-state index in [4.69, 9.17) is 23.2 Å². The number of hydrogen-bond acceptors (Lipinski definition) is 1. The summed E-state index contributed by atoms with van der Waals surface area (Å²) in [5.41, 5.74) is 2.45. The molecule has 0 aromatic heterocycles. The van der Waals surface area contributed by atoms with E-state index < -0.39 is 0 Å². The predicted molar refractivity (Wildman–Crippen MR) is 78.8 cm³/mol. The van der Waals surface area contributed by atoms with Gasteiger partial charge in [-0.3, -0.25) is 0 Å². The molecule has 1 nitrogen and oxygen atoms in total. The van der Waals surface area contributed by atoms with Crippen LogP contribution in [0.3, 0.4) is 0 Å². The highest BCUT2D eigenvalue weighted by Gasteiger charge is 2.33. The average Bonchev–Trinajstić information content (AvgIpc) is 2.72. The van der Waals surface area contributed by atoms with Crippen LogP contribution in [0.25, 0.3) is 0 Å². The van der Waals surface area contributed by atoms with Crippen LogP contribution in [-0.4, -0.2) is 6.54 Å². The maximum Gasteiger partial charge on any atom is 0.0655 e. The Labute approximate surface area is 119 Å². The number of hydrogen-bond donors (Lipinski definition) is 1. The molecule has 3 atom stereocenters. The van der Waals surface area contributed by atoms with Gasteiger partial charge in [0, 0.05) is 17.5 Å². The van der Waals surface area contributed by atoms with Crippen LogP contribution in [0.4, 0.5) is 5.69 Å². The van der Waals surface area contributed by atoms with Crippen molar-refractivity contribution < 1.29 is 0 Å². The van der Waals surface area contributed by atoms with Crippen LogP contribution in [-0.2, 0) is 0 Å². The molecule has 0 bridgehead atoms. The molecule has 1 fully saturated rings. The van der Waals surface area contributed by atoms with Gasteiger partial charge < -0.3 is 5.32 Å². The second-order valence-electron chi connectivity index (χ2n) is 5.87. The van der Waals surface area contributed by atoms with Crippen molar-refractivity contribution in [2.24, 2.45) is 11.8 Å². The molecular formula is C15H19Cl2N. The third kappa shape index (κ3) is 2.23. The zero-order chi connectivity index (χ0) is 12.7. The summed E-state index contributed by atoms with van der Waals surface area (Å²) in [6.45, 7) is 3.40. The quantitative estimate of drug-likeness (QED) is 0.735. The van der Waals surface area contributed by atoms with E-state index in [2.05, 4.69) is 18.3 Å². The summed E-state index contributed by atoms with van der Waals surface area (Å²) >= 11 is 12.4. The molecule has 18 heavy (non-hydrogen) atoms. The van der Waals surface area contributed by atoms with Crippen LogP contribution >= 0.6 is 23.2 Å². The number of nitrogens with one attached hydrogen (secondary N) is 1. The molecule has 0 radical (unpaired) electrons. The van der Waals surface area contributed by atoms with Crippen LogP contribution in [0.5, 0.6) is 0 Å². The molecule has 3 heteroatoms. The molecule has 1 aromatic rings. The van der Waals surface area contributed by atoms with Gasteiger partial charge in [-0.1, -0.05) is 43.0 Å². The van der Waals surface area contributed by atoms with Gasteiger partial charge in [-0.2, -0.15) is 0 Å². The minimum atomic E-state index is 0.596. The van der Waals surface area contributed by atoms with E-state index in [0.717, 1.165) is 34.1 Å². The lowest BCUT2D eigenvalue weighted by atomic mass is 9.74. The maximum atomic E-state index is 6.26. The van der Waals surface area contributed by atoms with E-state index in [0.29, 0.717) is 5.92 Å². The molecule has 0 spiro atoms. The average molecular weight is 284 g/mol. The summed E-state index contributed by atoms with van der Waals surface area (Å²) in [5.74, 6) is 2.25. The molecular weight excluding hydrogens is 265 g/mol. The first-order chi connectivity index (χ1) is 8.65. The molecule has 1 saturated carbocycles. The van der Waals surface area contributed by atoms with Gasteiger partial charge in [-0.05, 0) is 42.4 Å². The van der Waals surface area contributed by atoms with Crippen LogP contribution in [0.1, 0.15) is 44.1 Å². The van der Waals surface area contributed by atoms with Crippen molar-refractivity contribution in [1.82, 2.24) is 0 Å². The van der Waals surface area contributed by atoms with E-state index in [1.807, 2.05) is 6.07 Å². The van der Waals surface area contributed by atoms with Gasteiger partial charge in [-0.25, -0.2) is 0 Å². The summed E-state index contributed by atoms with van der Waals surface area (Å²) in [4.78, 5) is 0. The molecule has 1 N–H and O–H groups in total. The topological polar surface area (TPSA) is 12.0 Å². The van der Waals surface area contributed by atoms with Gasteiger partial charge in [-0.15, -0.1) is 0 Å². The highest BCUT2D eigenvalue weighted by atomic mass is 35.5. The first-order valence-corrected chi connectivity index (χ1v) is 7.63. The molecule has 1 aliphatic heterocycles. The Morgan fingerprint density at radius 1 is 1.22 bits per heavy atom. The van der Waals surface area contributed by atoms with E-state index in [1.165, 1.54) is 31.2 Å². The van der Waals surface area contributed by atoms with Crippen molar-refractivity contribution in [2.45, 2.75) is 38.5 Å². The number of anilines is 1. The van der Waals surface area contributed by atoms with E-state index >= 15 is 0 Å². The summed E-state index contributed by atoms with van der Waals surface area (Å²) < 4.78 is 0. The number of halogens is 2. The Bertz CT molecular complexity index is 458. The maximum absolute atomic E-state index is 6.26. The van der Waals surface area contributed by atoms with Crippen LogP contribution in [0, 0.1) is 11.8 Å². The Kier molecular flexibility index (Phi) is 3.46. The second-order valence-corrected chi connectivity index (χ2v) is 6.71. The van der Waals surface area contributed by atoms with E-state index in [-0.39, 0.29) is 0 Å². The molecule has 0 amide bonds. The van der Waals surface area contributed by atoms with Gasteiger partial charge in [0.1, 0.15) is 0 Å². The molecule has 2 aliphatic rings. The lowest BCUT2D eigenvalue weighted by Gasteiger charge is -2.31. The number of benzene rings is 1. The van der Waals surface area contributed by atoms with Crippen LogP contribution in [0.2, 0.25) is 10.0 Å². The standard InChI is InChI=1S/C15H19Cl2N/c1-9-3-2-4-10(5-9)13-8-18-15-12(13)6-11(16)7-14(15)17/h6-7,9-10,13,18H,2-5,8H2,1H3. The summed E-state index contributed by atoms with van der Waals surface area (Å²) in [5, 5.41) is 5.00. The molecule has 3 rings (SSSR count). The van der Waals surface area contributed by atoms with Crippen LogP contribution < -0.4 is 5.32 Å². The third-order valence-electron chi connectivity index (χ3n) is 4.53. The SMILES string of the molecule is CC1CCCC(C2CNc3c(Cl)cc(Cl)cc32)C1. The van der Waals surface area contributed by atoms with Gasteiger partial charge in [0.15, 0.2) is 0 Å². The van der Waals surface area contributed by atoms with Crippen molar-refractivity contribution in [1.29, 1.82) is 0 Å². The van der Waals surface area contributed by atoms with Gasteiger partial charge in [0.05, 0.1) is 10.7 Å². The third-order valence-corrected chi connectivity index (χ3v) is 5.05. The van der Waals surface area contributed by atoms with Gasteiger partial charge in [0.25, 0.3) is 0 Å². The molecule has 1 aromatic carbocycles. The minimum Gasteiger partial charge on any atom is -0.383 e. The van der Waals surface area contributed by atoms with Gasteiger partial charge in [0.2, 0.25) is 0 Å². The van der Waals surface area contributed by atoms with Crippen molar-refractivity contribution in [3.8, 4) is 0 Å². The summed E-state index contributed by atoms with van der Waals surface area (Å²) in [6.07, 6.45) is 5.45. The van der Waals surface area contributed by atoms with E-state index in [1.54, 1.807) is 0 Å². The Morgan fingerprint density at radius 3 is 2.83 bits per heavy atom. The molecule has 1 heterocycles. The normalized spacial score (nSPS) is 30.9. The number of fused-ring (bicyclic) bond motifs is 1. The first kappa shape index (κ1) is 12.6. The predicted octanol–water partition coefficient (Wildman–Crippen LogP) is 5.33. The van der Waals surface area contributed by atoms with E-state index in [9.17, 15) is 0 Å². The fourth-order valence-corrected chi connectivity index (χ4v) is 4.24. The summed E-state index contributed by atoms with van der Waals surface area (Å²) in [6, 6.07) is 3.94. The molecule has 1 aliphatic carbocycles. The lowest BCUT2D eigenvalue weighted by molar-refractivity contribution is 0.253. The van der Waals surface area contributed by atoms with Gasteiger partial charge >= 0.3 is 0 Å². The van der Waals surface area contributed by atoms with Crippen molar-refractivity contribution in [3.05, 3.63) is 27.7 Å². The Balaban J connectivity index is 1.90. The minimum absolute atomic E-state index is 0.596. The zero-order valence-electron chi connectivity index (χ0n) is 10.7. The molecule has 3 unspecified atom stereocenters. The molecule has 98 valence electrons. The largest absolute Gasteiger partial charge is 0.383 e. The fourth-order valence-electron chi connectivity index (χ4n) is 3.66. The Morgan fingerprint density at radius 2 is 2.06 bits per heavy atom. The highest BCUT2D eigenvalue weighted by molar-refractivity contribution is 6.36. The highest BCUT2D eigenvalue weighted by Crippen LogP contribution is 2.46. The molecule has 0 saturated heterocycles. The van der Waals surface area contributed by atoms with Crippen molar-refractivity contribution in [2.75, 3.05) is 11.9 Å². The first-order valence-electron chi connectivity index (χ1n) is 6.88. The smallest absolute Gasteiger partial charge is 0.0655 e. The lowest BCUT2D eigenvalue weighted by Crippen LogP contribution is -2.21. The number of rotatable bonds is 1. The second kappa shape index (κ2) is 4.94. The van der Waals surface area contributed by atoms with Crippen LogP contribution in [0.15, 0.2) is 12.1 Å². The monoisotopic (exact) mass is 283 g/mol. The summed E-state index contributed by atoms with van der Waals surface area (Å²) in [7, 11) is 0. The Hall–Kier alpha value is -0.400. The zero-order valence-corrected chi connectivity index (χ0v) is 12.2.